The fourth-order valence-electron chi connectivity index (χ4n) is 2.92. The Morgan fingerprint density at radius 1 is 1.41 bits per heavy atom. The first-order valence-electron chi connectivity index (χ1n) is 8.90. The van der Waals surface area contributed by atoms with Gasteiger partial charge in [0, 0.05) is 26.8 Å². The first-order valence-corrected chi connectivity index (χ1v) is 8.90. The standard InChI is InChI=1S/C19H25N5O3/c1-13(14-5-4-6-15(25)11-14)21-19(26)24-9-10-27-17(12-24)16-7-8-20-18(22-16)23(2)3/h4-8,11,13,17,25H,9-10,12H2,1-3H3,(H,21,26)/t13-,17?/m0/s1. The van der Waals surface area contributed by atoms with Crippen LogP contribution in [0.25, 0.3) is 0 Å². The molecule has 144 valence electrons. The number of hydrogen-bond donors (Lipinski definition) is 2. The van der Waals surface area contributed by atoms with Gasteiger partial charge in [0.15, 0.2) is 0 Å². The minimum Gasteiger partial charge on any atom is -0.508 e. The van der Waals surface area contributed by atoms with Crippen molar-refractivity contribution >= 4 is 12.0 Å². The van der Waals surface area contributed by atoms with E-state index in [1.54, 1.807) is 29.3 Å². The fourth-order valence-corrected chi connectivity index (χ4v) is 2.92. The lowest BCUT2D eigenvalue weighted by Crippen LogP contribution is -2.47. The Labute approximate surface area is 158 Å². The molecule has 3 rings (SSSR count). The van der Waals surface area contributed by atoms with Crippen molar-refractivity contribution in [2.24, 2.45) is 0 Å². The minimum atomic E-state index is -0.290. The molecule has 2 heterocycles. The van der Waals surface area contributed by atoms with E-state index in [-0.39, 0.29) is 23.9 Å². The Bertz CT molecular complexity index is 798. The molecule has 1 aromatic carbocycles. The number of phenols is 1. The minimum absolute atomic E-state index is 0.166. The van der Waals surface area contributed by atoms with Crippen molar-refractivity contribution < 1.29 is 14.6 Å². The molecule has 8 heteroatoms. The highest BCUT2D eigenvalue weighted by Gasteiger charge is 2.27. The van der Waals surface area contributed by atoms with Gasteiger partial charge in [0.1, 0.15) is 11.9 Å². The molecular weight excluding hydrogens is 346 g/mol. The second-order valence-electron chi connectivity index (χ2n) is 6.75. The predicted octanol–water partition coefficient (Wildman–Crippen LogP) is 2.09. The van der Waals surface area contributed by atoms with Crippen LogP contribution in [0.2, 0.25) is 0 Å². The molecule has 2 N–H and O–H groups in total. The third kappa shape index (κ3) is 4.65. The van der Waals surface area contributed by atoms with Crippen LogP contribution in [0.15, 0.2) is 36.5 Å². The predicted molar refractivity (Wildman–Crippen MR) is 102 cm³/mol. The van der Waals surface area contributed by atoms with Crippen LogP contribution in [0.1, 0.15) is 30.3 Å². The number of carbonyl (C=O) groups is 1. The lowest BCUT2D eigenvalue weighted by molar-refractivity contribution is -0.0179. The van der Waals surface area contributed by atoms with E-state index in [1.807, 2.05) is 38.1 Å². The van der Waals surface area contributed by atoms with Gasteiger partial charge < -0.3 is 25.0 Å². The van der Waals surface area contributed by atoms with Crippen molar-refractivity contribution in [2.75, 3.05) is 38.7 Å². The van der Waals surface area contributed by atoms with Crippen molar-refractivity contribution in [1.82, 2.24) is 20.2 Å². The average Bonchev–Trinajstić information content (AvgIpc) is 2.68. The lowest BCUT2D eigenvalue weighted by Gasteiger charge is -2.33. The Morgan fingerprint density at radius 3 is 2.96 bits per heavy atom. The number of rotatable bonds is 4. The summed E-state index contributed by atoms with van der Waals surface area (Å²) >= 11 is 0. The van der Waals surface area contributed by atoms with Gasteiger partial charge in [0.05, 0.1) is 24.9 Å². The molecule has 1 aliphatic rings. The van der Waals surface area contributed by atoms with Crippen LogP contribution in [0.3, 0.4) is 0 Å². The molecule has 1 fully saturated rings. The number of urea groups is 1. The molecule has 0 bridgehead atoms. The van der Waals surface area contributed by atoms with Crippen LogP contribution in [0.4, 0.5) is 10.7 Å². The highest BCUT2D eigenvalue weighted by Crippen LogP contribution is 2.23. The zero-order valence-electron chi connectivity index (χ0n) is 15.8. The van der Waals surface area contributed by atoms with Crippen LogP contribution in [-0.2, 0) is 4.74 Å². The van der Waals surface area contributed by atoms with Crippen molar-refractivity contribution in [1.29, 1.82) is 0 Å². The molecule has 8 nitrogen and oxygen atoms in total. The topological polar surface area (TPSA) is 90.8 Å². The molecule has 2 amide bonds. The van der Waals surface area contributed by atoms with Crippen LogP contribution < -0.4 is 10.2 Å². The van der Waals surface area contributed by atoms with E-state index in [9.17, 15) is 9.90 Å². The molecule has 2 atom stereocenters. The molecular formula is C19H25N5O3. The number of carbonyl (C=O) groups excluding carboxylic acids is 1. The molecule has 1 saturated heterocycles. The number of aromatic nitrogens is 2. The second kappa shape index (κ2) is 8.22. The number of nitrogens with zero attached hydrogens (tertiary/aromatic N) is 4. The number of ether oxygens (including phenoxy) is 1. The lowest BCUT2D eigenvalue weighted by atomic mass is 10.1. The highest BCUT2D eigenvalue weighted by atomic mass is 16.5. The van der Waals surface area contributed by atoms with Crippen LogP contribution in [0, 0.1) is 0 Å². The van der Waals surface area contributed by atoms with Gasteiger partial charge in [-0.1, -0.05) is 12.1 Å². The van der Waals surface area contributed by atoms with E-state index < -0.39 is 0 Å². The Morgan fingerprint density at radius 2 is 2.22 bits per heavy atom. The van der Waals surface area contributed by atoms with Crippen molar-refractivity contribution in [3.05, 3.63) is 47.8 Å². The van der Waals surface area contributed by atoms with Crippen LogP contribution in [0.5, 0.6) is 5.75 Å². The number of morpholine rings is 1. The quantitative estimate of drug-likeness (QED) is 0.855. The summed E-state index contributed by atoms with van der Waals surface area (Å²) < 4.78 is 5.82. The van der Waals surface area contributed by atoms with Crippen LogP contribution >= 0.6 is 0 Å². The van der Waals surface area contributed by atoms with Gasteiger partial charge in [-0.15, -0.1) is 0 Å². The molecule has 27 heavy (non-hydrogen) atoms. The molecule has 1 unspecified atom stereocenters. The second-order valence-corrected chi connectivity index (χ2v) is 6.75. The summed E-state index contributed by atoms with van der Waals surface area (Å²) in [5.74, 6) is 0.788. The molecule has 0 spiro atoms. The highest BCUT2D eigenvalue weighted by molar-refractivity contribution is 5.75. The maximum absolute atomic E-state index is 12.7. The zero-order chi connectivity index (χ0) is 19.4. The summed E-state index contributed by atoms with van der Waals surface area (Å²) in [6.07, 6.45) is 1.41. The van der Waals surface area contributed by atoms with E-state index >= 15 is 0 Å². The SMILES string of the molecule is C[C@H](NC(=O)N1CCOC(c2ccnc(N(C)C)n2)C1)c1cccc(O)c1. The summed E-state index contributed by atoms with van der Waals surface area (Å²) in [5.41, 5.74) is 1.60. The number of nitrogens with one attached hydrogen (secondary N) is 1. The smallest absolute Gasteiger partial charge is 0.318 e. The monoisotopic (exact) mass is 371 g/mol. The number of aromatic hydroxyl groups is 1. The Hall–Kier alpha value is -2.87. The summed E-state index contributed by atoms with van der Waals surface area (Å²) in [7, 11) is 3.76. The third-order valence-electron chi connectivity index (χ3n) is 4.46. The van der Waals surface area contributed by atoms with E-state index in [0.29, 0.717) is 25.6 Å². The maximum Gasteiger partial charge on any atom is 0.318 e. The van der Waals surface area contributed by atoms with E-state index in [0.717, 1.165) is 11.3 Å². The molecule has 1 aliphatic heterocycles. The molecule has 0 radical (unpaired) electrons. The van der Waals surface area contributed by atoms with Gasteiger partial charge in [0.2, 0.25) is 5.95 Å². The fraction of sp³-hybridized carbons (Fsp3) is 0.421. The van der Waals surface area contributed by atoms with Gasteiger partial charge in [-0.05, 0) is 30.7 Å². The molecule has 0 saturated carbocycles. The Balaban J connectivity index is 1.65. The molecule has 1 aromatic heterocycles. The van der Waals surface area contributed by atoms with Gasteiger partial charge >= 0.3 is 6.03 Å². The first-order chi connectivity index (χ1) is 12.9. The van der Waals surface area contributed by atoms with Crippen molar-refractivity contribution in [3.63, 3.8) is 0 Å². The van der Waals surface area contributed by atoms with Crippen molar-refractivity contribution in [3.8, 4) is 5.75 Å². The van der Waals surface area contributed by atoms with E-state index in [2.05, 4.69) is 15.3 Å². The number of benzene rings is 1. The summed E-state index contributed by atoms with van der Waals surface area (Å²) in [4.78, 5) is 25.0. The summed E-state index contributed by atoms with van der Waals surface area (Å²) in [6, 6.07) is 8.32. The largest absolute Gasteiger partial charge is 0.508 e. The van der Waals surface area contributed by atoms with E-state index in [1.165, 1.54) is 0 Å². The molecule has 0 aliphatic carbocycles. The maximum atomic E-state index is 12.7. The van der Waals surface area contributed by atoms with E-state index in [4.69, 9.17) is 4.74 Å². The number of phenolic OH excluding ortho intramolecular Hbond substituents is 1. The normalized spacial score (nSPS) is 18.0. The number of hydrogen-bond acceptors (Lipinski definition) is 6. The van der Waals surface area contributed by atoms with Crippen molar-refractivity contribution in [2.45, 2.75) is 19.1 Å². The van der Waals surface area contributed by atoms with Crippen LogP contribution in [-0.4, -0.2) is 59.8 Å². The summed E-state index contributed by atoms with van der Waals surface area (Å²) in [6.45, 7) is 3.27. The summed E-state index contributed by atoms with van der Waals surface area (Å²) in [5, 5.41) is 12.6. The van der Waals surface area contributed by atoms with Gasteiger partial charge in [-0.25, -0.2) is 14.8 Å². The first kappa shape index (κ1) is 18.9. The van der Waals surface area contributed by atoms with Gasteiger partial charge in [-0.3, -0.25) is 0 Å². The zero-order valence-corrected chi connectivity index (χ0v) is 15.8. The molecule has 2 aromatic rings. The van der Waals surface area contributed by atoms with Gasteiger partial charge in [-0.2, -0.15) is 0 Å². The number of amides is 2. The average molecular weight is 371 g/mol. The van der Waals surface area contributed by atoms with Gasteiger partial charge in [0.25, 0.3) is 0 Å². The third-order valence-corrected chi connectivity index (χ3v) is 4.46. The Kier molecular flexibility index (Phi) is 5.75. The number of anilines is 1.